The number of piperidine rings is 1. The van der Waals surface area contributed by atoms with E-state index >= 15 is 0 Å². The molecule has 4 fully saturated rings. The number of hydrogen-bond donors (Lipinski definition) is 3. The lowest BCUT2D eigenvalue weighted by atomic mass is 9.59. The molecule has 0 unspecified atom stereocenters. The van der Waals surface area contributed by atoms with Crippen LogP contribution in [-0.4, -0.2) is 85.7 Å². The van der Waals surface area contributed by atoms with Gasteiger partial charge < -0.3 is 29.4 Å². The van der Waals surface area contributed by atoms with Crippen LogP contribution in [0.5, 0.6) is 17.2 Å². The molecule has 5 aromatic rings. The van der Waals surface area contributed by atoms with Gasteiger partial charge in [-0.15, -0.1) is 0 Å². The fourth-order valence-corrected chi connectivity index (χ4v) is 11.6. The maximum absolute atomic E-state index is 14.0. The molecule has 3 saturated heterocycles. The van der Waals surface area contributed by atoms with Gasteiger partial charge in [-0.1, -0.05) is 24.3 Å². The molecule has 2 atom stereocenters. The van der Waals surface area contributed by atoms with Crippen LogP contribution in [0.1, 0.15) is 78.9 Å². The van der Waals surface area contributed by atoms with Crippen LogP contribution in [0.2, 0.25) is 0 Å². The first-order valence-electron chi connectivity index (χ1n) is 21.7. The lowest BCUT2D eigenvalue weighted by Gasteiger charge is -2.56. The van der Waals surface area contributed by atoms with Crippen molar-refractivity contribution in [2.45, 2.75) is 81.3 Å². The summed E-state index contributed by atoms with van der Waals surface area (Å²) in [6.07, 6.45) is 11.8. The zero-order valence-electron chi connectivity index (χ0n) is 34.7. The van der Waals surface area contributed by atoms with Crippen LogP contribution in [-0.2, 0) is 14.8 Å². The van der Waals surface area contributed by atoms with E-state index in [2.05, 4.69) is 61.0 Å². The van der Waals surface area contributed by atoms with Crippen molar-refractivity contribution < 1.29 is 32.3 Å². The lowest BCUT2D eigenvalue weighted by molar-refractivity contribution is -0.384. The number of ether oxygens (including phenoxy) is 3. The van der Waals surface area contributed by atoms with Crippen LogP contribution in [0.3, 0.4) is 0 Å². The molecule has 5 aliphatic rings. The van der Waals surface area contributed by atoms with Crippen molar-refractivity contribution in [3.63, 3.8) is 0 Å². The fourth-order valence-electron chi connectivity index (χ4n) is 10.6. The average Bonchev–Trinajstić information content (AvgIpc) is 3.95. The van der Waals surface area contributed by atoms with Gasteiger partial charge in [0.05, 0.1) is 27.6 Å². The Morgan fingerprint density at radius 1 is 1.02 bits per heavy atom. The number of hydrogen-bond acceptors (Lipinski definition) is 12. The molecule has 3 N–H and O–H groups in total. The van der Waals surface area contributed by atoms with Gasteiger partial charge >= 0.3 is 0 Å². The third-order valence-electron chi connectivity index (χ3n) is 14.0. The number of aromatic nitrogens is 2. The van der Waals surface area contributed by atoms with Crippen LogP contribution in [0.15, 0.2) is 84.0 Å². The highest BCUT2D eigenvalue weighted by Crippen LogP contribution is 2.54. The van der Waals surface area contributed by atoms with Crippen LogP contribution in [0, 0.1) is 28.4 Å². The molecule has 3 aromatic carbocycles. The highest BCUT2D eigenvalue weighted by molar-refractivity contribution is 7.90. The summed E-state index contributed by atoms with van der Waals surface area (Å²) in [5.41, 5.74) is 4.29. The van der Waals surface area contributed by atoms with Gasteiger partial charge in [-0.05, 0) is 112 Å². The summed E-state index contributed by atoms with van der Waals surface area (Å²) < 4.78 is 47.7. The number of carbonyl (C=O) groups excluding carboxylic acids is 1. The second kappa shape index (κ2) is 16.2. The Bertz CT molecular complexity index is 2630. The minimum atomic E-state index is -4.63. The minimum Gasteiger partial charge on any atom is -0.489 e. The van der Waals surface area contributed by atoms with Crippen LogP contribution < -0.4 is 24.4 Å². The Morgan fingerprint density at radius 2 is 1.82 bits per heavy atom. The van der Waals surface area contributed by atoms with E-state index in [4.69, 9.17) is 14.2 Å². The highest BCUT2D eigenvalue weighted by atomic mass is 32.2. The molecule has 1 saturated carbocycles. The molecule has 2 aromatic heterocycles. The summed E-state index contributed by atoms with van der Waals surface area (Å²) in [6.45, 7) is 6.45. The number of nitro benzene ring substituents is 1. The number of H-pyrrole nitrogens is 1. The van der Waals surface area contributed by atoms with Gasteiger partial charge in [0.1, 0.15) is 23.8 Å². The summed E-state index contributed by atoms with van der Waals surface area (Å²) in [5, 5.41) is 16.3. The number of aromatic amines is 1. The van der Waals surface area contributed by atoms with E-state index in [0.717, 1.165) is 62.5 Å². The van der Waals surface area contributed by atoms with Gasteiger partial charge in [0.2, 0.25) is 0 Å². The molecule has 15 nitrogen and oxygen atoms in total. The molecule has 0 radical (unpaired) electrons. The topological polar surface area (TPSA) is 181 Å². The third kappa shape index (κ3) is 7.72. The van der Waals surface area contributed by atoms with Gasteiger partial charge in [0, 0.05) is 73.9 Å². The number of pyridine rings is 1. The third-order valence-corrected chi connectivity index (χ3v) is 15.3. The number of likely N-dealkylation sites (tertiary alicyclic amines) is 1. The Hall–Kier alpha value is -5.71. The van der Waals surface area contributed by atoms with E-state index in [9.17, 15) is 23.3 Å². The number of sulfonamides is 1. The van der Waals surface area contributed by atoms with E-state index < -0.39 is 31.4 Å². The smallest absolute Gasteiger partial charge is 0.297 e. The van der Waals surface area contributed by atoms with Crippen molar-refractivity contribution in [2.24, 2.45) is 11.3 Å². The van der Waals surface area contributed by atoms with Gasteiger partial charge in [0.15, 0.2) is 11.4 Å². The Kier molecular flexibility index (Phi) is 10.5. The standard InChI is InChI=1S/C46H51N7O8S/c1-29-5-2-3-6-36(29)39-7-4-16-52(39)33-25-46(26-33)13-17-51(18-14-46)32-8-9-37(41(22-32)61-34-21-31-10-15-47-44(31)48-27-34)45(54)50-62(57,58)35-23-40(53(55)56)43-42(24-35)60-28-38(49-43)30-11-19-59-20-12-30/h2-3,5-6,8-10,15,21-24,27,30,33,38-39,49H,4,7,11-14,16-20,25-26,28H2,1H3,(H,47,48)(H,50,54)/t38-,39+/m1/s1. The molecule has 16 heteroatoms. The van der Waals surface area contributed by atoms with Gasteiger partial charge in [-0.25, -0.2) is 18.1 Å². The number of carbonyl (C=O) groups is 1. The second-order valence-corrected chi connectivity index (χ2v) is 19.4. The molecular weight excluding hydrogens is 811 g/mol. The maximum Gasteiger partial charge on any atom is 0.297 e. The molecule has 10 rings (SSSR count). The van der Waals surface area contributed by atoms with Crippen LogP contribution in [0.4, 0.5) is 17.1 Å². The van der Waals surface area contributed by atoms with Gasteiger partial charge in [0.25, 0.3) is 21.6 Å². The summed E-state index contributed by atoms with van der Waals surface area (Å²) in [4.78, 5) is 37.8. The molecular formula is C46H51N7O8S. The zero-order chi connectivity index (χ0) is 42.6. The predicted octanol–water partition coefficient (Wildman–Crippen LogP) is 7.88. The van der Waals surface area contributed by atoms with E-state index in [1.807, 2.05) is 12.1 Å². The number of aryl methyl sites for hydroxylation is 1. The Labute approximate surface area is 360 Å². The van der Waals surface area contributed by atoms with Crippen molar-refractivity contribution in [3.05, 3.63) is 106 Å². The molecule has 1 amide bonds. The number of fused-ring (bicyclic) bond motifs is 2. The van der Waals surface area contributed by atoms with E-state index in [1.165, 1.54) is 42.9 Å². The first kappa shape index (κ1) is 40.4. The van der Waals surface area contributed by atoms with E-state index in [0.29, 0.717) is 42.1 Å². The van der Waals surface area contributed by atoms with Crippen molar-refractivity contribution >= 4 is 44.0 Å². The van der Waals surface area contributed by atoms with Crippen LogP contribution >= 0.6 is 0 Å². The summed E-state index contributed by atoms with van der Waals surface area (Å²) in [5.74, 6) is -0.230. The number of nitrogens with zero attached hydrogens (tertiary/aromatic N) is 4. The molecule has 324 valence electrons. The highest BCUT2D eigenvalue weighted by Gasteiger charge is 2.50. The second-order valence-electron chi connectivity index (χ2n) is 17.7. The van der Waals surface area contributed by atoms with Gasteiger partial charge in [-0.2, -0.15) is 0 Å². The average molecular weight is 862 g/mol. The number of nitro groups is 1. The van der Waals surface area contributed by atoms with Crippen molar-refractivity contribution in [1.29, 1.82) is 0 Å². The number of rotatable bonds is 10. The SMILES string of the molecule is Cc1ccccc1[C@@H]1CCCN1C1CC2(CCN(c3ccc(C(=O)NS(=O)(=O)c4cc5c(c([N+](=O)[O-])c4)N[C@@H](C4CCOCC4)CO5)c(Oc4cnc5[nH]ccc5c4)c3)CC2)C1. The monoisotopic (exact) mass is 861 g/mol. The Balaban J connectivity index is 0.866. The number of benzene rings is 3. The predicted molar refractivity (Wildman–Crippen MR) is 234 cm³/mol. The van der Waals surface area contributed by atoms with Gasteiger partial charge in [-0.3, -0.25) is 19.8 Å². The first-order chi connectivity index (χ1) is 30.0. The number of nitrogens with one attached hydrogen (secondary N) is 3. The molecule has 1 spiro atoms. The largest absolute Gasteiger partial charge is 0.489 e. The van der Waals surface area contributed by atoms with Crippen molar-refractivity contribution in [1.82, 2.24) is 19.6 Å². The van der Waals surface area contributed by atoms with Crippen molar-refractivity contribution in [3.8, 4) is 17.2 Å². The van der Waals surface area contributed by atoms with Crippen molar-refractivity contribution in [2.75, 3.05) is 49.7 Å². The molecule has 6 heterocycles. The van der Waals surface area contributed by atoms with E-state index in [1.54, 1.807) is 30.6 Å². The van der Waals surface area contributed by atoms with Crippen LogP contribution in [0.25, 0.3) is 11.0 Å². The first-order valence-corrected chi connectivity index (χ1v) is 23.2. The normalized spacial score (nSPS) is 21.8. The lowest BCUT2D eigenvalue weighted by Crippen LogP contribution is -2.54. The Morgan fingerprint density at radius 3 is 2.61 bits per heavy atom. The molecule has 62 heavy (non-hydrogen) atoms. The maximum atomic E-state index is 14.0. The minimum absolute atomic E-state index is 0.0274. The van der Waals surface area contributed by atoms with E-state index in [-0.39, 0.29) is 41.3 Å². The molecule has 0 bridgehead atoms. The number of amides is 1. The summed E-state index contributed by atoms with van der Waals surface area (Å²) in [6, 6.07) is 20.7. The quantitative estimate of drug-likeness (QED) is 0.0915. The fraction of sp³-hybridized carbons (Fsp3) is 0.435. The molecule has 4 aliphatic heterocycles. The zero-order valence-corrected chi connectivity index (χ0v) is 35.5. The molecule has 1 aliphatic carbocycles. The summed E-state index contributed by atoms with van der Waals surface area (Å²) in [7, 11) is -4.63. The summed E-state index contributed by atoms with van der Waals surface area (Å²) >= 11 is 0. The number of anilines is 2.